The van der Waals surface area contributed by atoms with Gasteiger partial charge in [0.15, 0.2) is 0 Å². The molecule has 0 bridgehead atoms. The summed E-state index contributed by atoms with van der Waals surface area (Å²) in [6.07, 6.45) is 0. The SMILES string of the molecule is Cc1cc(S[C@@H](C)C(=O)N[C@](C)(C#N)C(C)C)nc2c(C)cccc12. The second kappa shape index (κ2) is 7.45. The molecular weight excluding hydrogens is 330 g/mol. The average Bonchev–Trinajstić information content (AvgIpc) is 2.55. The van der Waals surface area contributed by atoms with Gasteiger partial charge in [0, 0.05) is 5.39 Å². The van der Waals surface area contributed by atoms with Gasteiger partial charge in [-0.25, -0.2) is 4.98 Å². The molecule has 0 fully saturated rings. The number of nitriles is 1. The van der Waals surface area contributed by atoms with Crippen LogP contribution >= 0.6 is 11.8 Å². The lowest BCUT2D eigenvalue weighted by molar-refractivity contribution is -0.121. The molecule has 1 heterocycles. The molecule has 0 saturated heterocycles. The Kier molecular flexibility index (Phi) is 5.74. The minimum Gasteiger partial charge on any atom is -0.337 e. The molecule has 0 unspecified atom stereocenters. The number of aromatic nitrogens is 1. The second-order valence-electron chi connectivity index (χ2n) is 6.97. The molecule has 0 aliphatic heterocycles. The number of fused-ring (bicyclic) bond motifs is 1. The van der Waals surface area contributed by atoms with E-state index in [2.05, 4.69) is 24.4 Å². The van der Waals surface area contributed by atoms with Crippen LogP contribution in [0, 0.1) is 31.1 Å². The van der Waals surface area contributed by atoms with Crippen LogP contribution in [-0.4, -0.2) is 21.7 Å². The van der Waals surface area contributed by atoms with E-state index in [1.165, 1.54) is 11.8 Å². The summed E-state index contributed by atoms with van der Waals surface area (Å²) in [7, 11) is 0. The molecule has 1 aromatic heterocycles. The van der Waals surface area contributed by atoms with Crippen LogP contribution < -0.4 is 5.32 Å². The van der Waals surface area contributed by atoms with E-state index in [9.17, 15) is 10.1 Å². The monoisotopic (exact) mass is 355 g/mol. The van der Waals surface area contributed by atoms with Crippen molar-refractivity contribution in [1.29, 1.82) is 5.26 Å². The molecule has 2 atom stereocenters. The molecule has 0 aliphatic rings. The number of benzene rings is 1. The number of amides is 1. The molecule has 0 saturated carbocycles. The summed E-state index contributed by atoms with van der Waals surface area (Å²) in [4.78, 5) is 17.3. The van der Waals surface area contributed by atoms with E-state index in [0.717, 1.165) is 27.1 Å². The highest BCUT2D eigenvalue weighted by atomic mass is 32.2. The van der Waals surface area contributed by atoms with Gasteiger partial charge < -0.3 is 5.32 Å². The number of nitrogens with one attached hydrogen (secondary N) is 1. The highest BCUT2D eigenvalue weighted by Crippen LogP contribution is 2.28. The van der Waals surface area contributed by atoms with Crippen LogP contribution in [0.1, 0.15) is 38.8 Å². The summed E-state index contributed by atoms with van der Waals surface area (Å²) in [6, 6.07) is 10.4. The Morgan fingerprint density at radius 1 is 1.28 bits per heavy atom. The first-order chi connectivity index (χ1) is 11.7. The fraction of sp³-hybridized carbons (Fsp3) is 0.450. The quantitative estimate of drug-likeness (QED) is 0.808. The van der Waals surface area contributed by atoms with Gasteiger partial charge in [0.1, 0.15) is 5.54 Å². The minimum atomic E-state index is -0.866. The molecule has 0 aliphatic carbocycles. The molecule has 25 heavy (non-hydrogen) atoms. The van der Waals surface area contributed by atoms with Crippen LogP contribution in [0.2, 0.25) is 0 Å². The fourth-order valence-electron chi connectivity index (χ4n) is 2.48. The molecule has 4 nitrogen and oxygen atoms in total. The lowest BCUT2D eigenvalue weighted by atomic mass is 9.90. The average molecular weight is 356 g/mol. The summed E-state index contributed by atoms with van der Waals surface area (Å²) >= 11 is 1.42. The van der Waals surface area contributed by atoms with Crippen molar-refractivity contribution < 1.29 is 4.79 Å². The molecule has 5 heteroatoms. The number of nitrogens with zero attached hydrogens (tertiary/aromatic N) is 2. The van der Waals surface area contributed by atoms with E-state index < -0.39 is 5.54 Å². The summed E-state index contributed by atoms with van der Waals surface area (Å²) < 4.78 is 0. The Morgan fingerprint density at radius 3 is 2.56 bits per heavy atom. The Hall–Kier alpha value is -2.06. The molecule has 132 valence electrons. The van der Waals surface area contributed by atoms with Crippen LogP contribution in [0.4, 0.5) is 0 Å². The Morgan fingerprint density at radius 2 is 1.96 bits per heavy atom. The van der Waals surface area contributed by atoms with Crippen molar-refractivity contribution in [3.63, 3.8) is 0 Å². The summed E-state index contributed by atoms with van der Waals surface area (Å²) in [5.41, 5.74) is 2.38. The van der Waals surface area contributed by atoms with Crippen molar-refractivity contribution in [3.8, 4) is 6.07 Å². The maximum atomic E-state index is 12.5. The second-order valence-corrected chi connectivity index (χ2v) is 8.33. The molecule has 2 aromatic rings. The van der Waals surface area contributed by atoms with Crippen molar-refractivity contribution in [3.05, 3.63) is 35.4 Å². The number of para-hydroxylation sites is 1. The third-order valence-corrected chi connectivity index (χ3v) is 5.68. The fourth-order valence-corrected chi connectivity index (χ4v) is 3.40. The van der Waals surface area contributed by atoms with Crippen molar-refractivity contribution in [2.24, 2.45) is 5.92 Å². The Labute approximate surface area is 154 Å². The van der Waals surface area contributed by atoms with Gasteiger partial charge in [-0.15, -0.1) is 0 Å². The highest BCUT2D eigenvalue weighted by molar-refractivity contribution is 8.00. The van der Waals surface area contributed by atoms with Crippen LogP contribution in [0.3, 0.4) is 0 Å². The first-order valence-corrected chi connectivity index (χ1v) is 9.33. The molecule has 1 amide bonds. The predicted molar refractivity (Wildman–Crippen MR) is 104 cm³/mol. The van der Waals surface area contributed by atoms with E-state index in [4.69, 9.17) is 4.98 Å². The zero-order valence-corrected chi connectivity index (χ0v) is 16.5. The number of aryl methyl sites for hydroxylation is 2. The smallest absolute Gasteiger partial charge is 0.234 e. The van der Waals surface area contributed by atoms with Crippen molar-refractivity contribution in [2.75, 3.05) is 0 Å². The van der Waals surface area contributed by atoms with Crippen molar-refractivity contribution in [2.45, 2.75) is 57.4 Å². The Balaban J connectivity index is 2.22. The highest BCUT2D eigenvalue weighted by Gasteiger charge is 2.31. The first kappa shape index (κ1) is 19.3. The van der Waals surface area contributed by atoms with Gasteiger partial charge in [-0.1, -0.05) is 43.8 Å². The first-order valence-electron chi connectivity index (χ1n) is 8.45. The number of hydrogen-bond acceptors (Lipinski definition) is 4. The zero-order chi connectivity index (χ0) is 18.8. The van der Waals surface area contributed by atoms with Crippen LogP contribution in [0.25, 0.3) is 10.9 Å². The van der Waals surface area contributed by atoms with Crippen molar-refractivity contribution >= 4 is 28.6 Å². The molecule has 0 radical (unpaired) electrons. The molecule has 1 aromatic carbocycles. The van der Waals surface area contributed by atoms with Crippen LogP contribution in [0.5, 0.6) is 0 Å². The summed E-state index contributed by atoms with van der Waals surface area (Å²) in [6.45, 7) is 11.6. The topological polar surface area (TPSA) is 65.8 Å². The van der Waals surface area contributed by atoms with Crippen LogP contribution in [-0.2, 0) is 4.79 Å². The predicted octanol–water partition coefficient (Wildman–Crippen LogP) is 4.39. The van der Waals surface area contributed by atoms with E-state index in [1.54, 1.807) is 6.92 Å². The standard InChI is InChI=1S/C20H25N3OS/c1-12(2)20(6,11-21)23-19(24)15(5)25-17-10-14(4)16-9-7-8-13(3)18(16)22-17/h7-10,12,15H,1-6H3,(H,23,24)/t15-,20+/m0/s1. The van der Waals surface area contributed by atoms with Crippen LogP contribution in [0.15, 0.2) is 29.3 Å². The van der Waals surface area contributed by atoms with Gasteiger partial charge in [0.2, 0.25) is 5.91 Å². The molecular formula is C20H25N3OS. The maximum Gasteiger partial charge on any atom is 0.234 e. The minimum absolute atomic E-state index is 0.0299. The van der Waals surface area contributed by atoms with Gasteiger partial charge in [-0.2, -0.15) is 5.26 Å². The lowest BCUT2D eigenvalue weighted by Gasteiger charge is -2.28. The van der Waals surface area contributed by atoms with E-state index in [-0.39, 0.29) is 17.1 Å². The molecule has 1 N–H and O–H groups in total. The largest absolute Gasteiger partial charge is 0.337 e. The Bertz CT molecular complexity index is 841. The number of pyridine rings is 1. The zero-order valence-electron chi connectivity index (χ0n) is 15.7. The van der Waals surface area contributed by atoms with Gasteiger partial charge in [0.25, 0.3) is 0 Å². The van der Waals surface area contributed by atoms with Gasteiger partial charge in [0.05, 0.1) is 21.9 Å². The molecule has 0 spiro atoms. The number of thioether (sulfide) groups is 1. The van der Waals surface area contributed by atoms with E-state index >= 15 is 0 Å². The molecule has 2 rings (SSSR count). The van der Waals surface area contributed by atoms with Gasteiger partial charge in [-0.3, -0.25) is 4.79 Å². The van der Waals surface area contributed by atoms with Gasteiger partial charge >= 0.3 is 0 Å². The third-order valence-electron chi connectivity index (χ3n) is 4.66. The third kappa shape index (κ3) is 4.13. The number of rotatable bonds is 5. The maximum absolute atomic E-state index is 12.5. The summed E-state index contributed by atoms with van der Waals surface area (Å²) in [5, 5.41) is 13.9. The summed E-state index contributed by atoms with van der Waals surface area (Å²) in [5.74, 6) is -0.116. The normalized spacial score (nSPS) is 14.8. The van der Waals surface area contributed by atoms with E-state index in [1.807, 2.05) is 45.9 Å². The van der Waals surface area contributed by atoms with Crippen molar-refractivity contribution in [1.82, 2.24) is 10.3 Å². The number of carbonyl (C=O) groups is 1. The number of carbonyl (C=O) groups excluding carboxylic acids is 1. The van der Waals surface area contributed by atoms with Gasteiger partial charge in [-0.05, 0) is 50.8 Å². The number of hydrogen-bond donors (Lipinski definition) is 1. The van der Waals surface area contributed by atoms with E-state index in [0.29, 0.717) is 0 Å². The lowest BCUT2D eigenvalue weighted by Crippen LogP contribution is -2.51.